The van der Waals surface area contributed by atoms with Gasteiger partial charge in [-0.25, -0.2) is 8.42 Å². The van der Waals surface area contributed by atoms with E-state index in [1.165, 1.54) is 12.1 Å². The molecule has 2 aromatic carbocycles. The molecule has 0 aromatic heterocycles. The van der Waals surface area contributed by atoms with Gasteiger partial charge in [0.25, 0.3) is 0 Å². The van der Waals surface area contributed by atoms with Gasteiger partial charge in [-0.2, -0.15) is 16.5 Å². The zero-order chi connectivity index (χ0) is 19.7. The minimum absolute atomic E-state index is 0.0904. The van der Waals surface area contributed by atoms with E-state index in [1.807, 2.05) is 19.2 Å². The van der Waals surface area contributed by atoms with Crippen LogP contribution in [0.5, 0.6) is 5.75 Å². The van der Waals surface area contributed by atoms with Crippen molar-refractivity contribution in [3.8, 4) is 5.75 Å². The third-order valence-electron chi connectivity index (χ3n) is 3.71. The Kier molecular flexibility index (Phi) is 8.15. The van der Waals surface area contributed by atoms with Gasteiger partial charge in [0, 0.05) is 5.69 Å². The Labute approximate surface area is 164 Å². The van der Waals surface area contributed by atoms with Crippen LogP contribution in [0.25, 0.3) is 0 Å². The number of amides is 1. The van der Waals surface area contributed by atoms with Gasteiger partial charge in [-0.05, 0) is 61.8 Å². The van der Waals surface area contributed by atoms with E-state index in [1.54, 1.807) is 48.2 Å². The first-order valence-corrected chi connectivity index (χ1v) is 11.4. The van der Waals surface area contributed by atoms with E-state index in [0.717, 1.165) is 0 Å². The van der Waals surface area contributed by atoms with E-state index >= 15 is 0 Å². The molecule has 0 saturated heterocycles. The van der Waals surface area contributed by atoms with Crippen LogP contribution in [0.15, 0.2) is 59.5 Å². The molecule has 2 N–H and O–H groups in total. The lowest BCUT2D eigenvalue weighted by atomic mass is 10.2. The minimum atomic E-state index is -3.83. The number of carbonyl (C=O) groups excluding carboxylic acids is 1. The summed E-state index contributed by atoms with van der Waals surface area (Å²) in [6.07, 6.45) is 2.29. The van der Waals surface area contributed by atoms with Gasteiger partial charge in [-0.15, -0.1) is 0 Å². The predicted molar refractivity (Wildman–Crippen MR) is 110 cm³/mol. The van der Waals surface area contributed by atoms with Crippen LogP contribution in [-0.2, 0) is 14.8 Å². The molecule has 8 heteroatoms. The van der Waals surface area contributed by atoms with Crippen LogP contribution in [0.2, 0.25) is 0 Å². The van der Waals surface area contributed by atoms with Gasteiger partial charge < -0.3 is 10.1 Å². The number of anilines is 1. The van der Waals surface area contributed by atoms with Crippen LogP contribution in [0, 0.1) is 0 Å². The van der Waals surface area contributed by atoms with Gasteiger partial charge in [0.05, 0.1) is 11.5 Å². The number of hydrogen-bond donors (Lipinski definition) is 2. The van der Waals surface area contributed by atoms with Crippen molar-refractivity contribution >= 4 is 33.4 Å². The van der Waals surface area contributed by atoms with Crippen LogP contribution in [0.3, 0.4) is 0 Å². The fourth-order valence-electron chi connectivity index (χ4n) is 2.37. The normalized spacial score (nSPS) is 12.4. The highest BCUT2D eigenvalue weighted by Crippen LogP contribution is 2.17. The zero-order valence-corrected chi connectivity index (χ0v) is 17.0. The number of sulfonamides is 1. The maximum Gasteiger partial charge on any atom is 0.242 e. The van der Waals surface area contributed by atoms with E-state index in [0.29, 0.717) is 30.2 Å². The molecule has 0 unspecified atom stereocenters. The number of hydrogen-bond acceptors (Lipinski definition) is 5. The number of para-hydroxylation sites is 1. The van der Waals surface area contributed by atoms with Crippen molar-refractivity contribution in [3.63, 3.8) is 0 Å². The van der Waals surface area contributed by atoms with E-state index < -0.39 is 16.1 Å². The largest absolute Gasteiger partial charge is 0.494 e. The third-order valence-corrected chi connectivity index (χ3v) is 5.84. The number of rotatable bonds is 10. The summed E-state index contributed by atoms with van der Waals surface area (Å²) >= 11 is 1.55. The maximum absolute atomic E-state index is 12.7. The van der Waals surface area contributed by atoms with Crippen LogP contribution in [0.4, 0.5) is 5.69 Å². The van der Waals surface area contributed by atoms with Gasteiger partial charge in [-0.3, -0.25) is 4.79 Å². The molecular weight excluding hydrogens is 384 g/mol. The Balaban J connectivity index is 2.14. The zero-order valence-electron chi connectivity index (χ0n) is 15.3. The van der Waals surface area contributed by atoms with Crippen molar-refractivity contribution in [2.45, 2.75) is 24.3 Å². The van der Waals surface area contributed by atoms with Gasteiger partial charge in [0.1, 0.15) is 11.8 Å². The molecule has 2 aromatic rings. The molecular formula is C19H24N2O4S2. The van der Waals surface area contributed by atoms with Gasteiger partial charge in [-0.1, -0.05) is 18.2 Å². The number of thioether (sulfide) groups is 1. The first kappa shape index (κ1) is 21.3. The lowest BCUT2D eigenvalue weighted by Crippen LogP contribution is -2.44. The molecule has 27 heavy (non-hydrogen) atoms. The van der Waals surface area contributed by atoms with E-state index in [-0.39, 0.29) is 10.8 Å². The highest BCUT2D eigenvalue weighted by molar-refractivity contribution is 7.98. The Morgan fingerprint density at radius 3 is 2.37 bits per heavy atom. The minimum Gasteiger partial charge on any atom is -0.494 e. The number of nitrogens with one attached hydrogen (secondary N) is 2. The second-order valence-corrected chi connectivity index (χ2v) is 8.41. The number of carbonyl (C=O) groups is 1. The molecule has 146 valence electrons. The second kappa shape index (κ2) is 10.3. The molecule has 0 spiro atoms. The molecule has 0 fully saturated rings. The predicted octanol–water partition coefficient (Wildman–Crippen LogP) is 3.12. The third kappa shape index (κ3) is 6.57. The van der Waals surface area contributed by atoms with E-state index in [2.05, 4.69) is 10.0 Å². The summed E-state index contributed by atoms with van der Waals surface area (Å²) in [6.45, 7) is 2.36. The summed E-state index contributed by atoms with van der Waals surface area (Å²) in [6, 6.07) is 14.2. The number of ether oxygens (including phenoxy) is 1. The molecule has 2 rings (SSSR count). The summed E-state index contributed by atoms with van der Waals surface area (Å²) in [5.74, 6) is 0.862. The SMILES string of the molecule is CCOc1ccc(S(=O)(=O)N[C@H](CCSC)C(=O)Nc2ccccc2)cc1. The van der Waals surface area contributed by atoms with Crippen molar-refractivity contribution in [2.24, 2.45) is 0 Å². The van der Waals surface area contributed by atoms with Crippen molar-refractivity contribution in [2.75, 3.05) is 23.9 Å². The highest BCUT2D eigenvalue weighted by Gasteiger charge is 2.25. The molecule has 0 aliphatic carbocycles. The Hall–Kier alpha value is -2.03. The van der Waals surface area contributed by atoms with E-state index in [9.17, 15) is 13.2 Å². The summed E-state index contributed by atoms with van der Waals surface area (Å²) < 4.78 is 33.2. The number of benzene rings is 2. The topological polar surface area (TPSA) is 84.5 Å². The van der Waals surface area contributed by atoms with Crippen molar-refractivity contribution in [1.29, 1.82) is 0 Å². The second-order valence-electron chi connectivity index (χ2n) is 5.72. The molecule has 0 aliphatic rings. The van der Waals surface area contributed by atoms with Crippen molar-refractivity contribution in [1.82, 2.24) is 4.72 Å². The molecule has 0 saturated carbocycles. The van der Waals surface area contributed by atoms with Crippen molar-refractivity contribution in [3.05, 3.63) is 54.6 Å². The van der Waals surface area contributed by atoms with Crippen LogP contribution < -0.4 is 14.8 Å². The molecule has 0 bridgehead atoms. The standard InChI is InChI=1S/C19H24N2O4S2/c1-3-25-16-9-11-17(12-10-16)27(23,24)21-18(13-14-26-2)19(22)20-15-7-5-4-6-8-15/h4-12,18,21H,3,13-14H2,1-2H3,(H,20,22)/t18-/m1/s1. The summed E-state index contributed by atoms with van der Waals surface area (Å²) in [4.78, 5) is 12.7. The summed E-state index contributed by atoms with van der Waals surface area (Å²) in [5, 5.41) is 2.76. The quantitative estimate of drug-likeness (QED) is 0.631. The first-order chi connectivity index (χ1) is 13.0. The summed E-state index contributed by atoms with van der Waals surface area (Å²) in [5.41, 5.74) is 0.622. The van der Waals surface area contributed by atoms with Gasteiger partial charge >= 0.3 is 0 Å². The monoisotopic (exact) mass is 408 g/mol. The smallest absolute Gasteiger partial charge is 0.242 e. The molecule has 6 nitrogen and oxygen atoms in total. The lowest BCUT2D eigenvalue weighted by molar-refractivity contribution is -0.117. The highest BCUT2D eigenvalue weighted by atomic mass is 32.2. The molecule has 0 heterocycles. The molecule has 1 amide bonds. The Morgan fingerprint density at radius 2 is 1.78 bits per heavy atom. The fourth-order valence-corrected chi connectivity index (χ4v) is 4.07. The Morgan fingerprint density at radius 1 is 1.11 bits per heavy atom. The average molecular weight is 409 g/mol. The summed E-state index contributed by atoms with van der Waals surface area (Å²) in [7, 11) is -3.83. The maximum atomic E-state index is 12.7. The van der Waals surface area contributed by atoms with Gasteiger partial charge in [0.2, 0.25) is 15.9 Å². The molecule has 0 radical (unpaired) electrons. The van der Waals surface area contributed by atoms with Gasteiger partial charge in [0.15, 0.2) is 0 Å². The van der Waals surface area contributed by atoms with Crippen LogP contribution in [0.1, 0.15) is 13.3 Å². The molecule has 0 aliphatic heterocycles. The Bertz CT molecular complexity index is 825. The average Bonchev–Trinajstić information content (AvgIpc) is 2.66. The first-order valence-electron chi connectivity index (χ1n) is 8.56. The molecule has 1 atom stereocenters. The fraction of sp³-hybridized carbons (Fsp3) is 0.316. The van der Waals surface area contributed by atoms with E-state index in [4.69, 9.17) is 4.74 Å². The van der Waals surface area contributed by atoms with Crippen LogP contribution in [-0.4, -0.2) is 39.0 Å². The van der Waals surface area contributed by atoms with Crippen LogP contribution >= 0.6 is 11.8 Å². The lowest BCUT2D eigenvalue weighted by Gasteiger charge is -2.18. The van der Waals surface area contributed by atoms with Crippen molar-refractivity contribution < 1.29 is 17.9 Å².